The molecular formula is C12H17N3OS. The molecule has 4 nitrogen and oxygen atoms in total. The summed E-state index contributed by atoms with van der Waals surface area (Å²) < 4.78 is 1.87. The van der Waals surface area contributed by atoms with Gasteiger partial charge in [0.05, 0.1) is 10.7 Å². The van der Waals surface area contributed by atoms with Crippen molar-refractivity contribution in [2.45, 2.75) is 20.8 Å². The fourth-order valence-corrected chi connectivity index (χ4v) is 3.04. The SMILES string of the molecule is CC(=O)N1CCS/C1=C/c1c(C)nn(C)c1C. The maximum atomic E-state index is 11.5. The molecule has 0 N–H and O–H groups in total. The van der Waals surface area contributed by atoms with Crippen molar-refractivity contribution in [1.29, 1.82) is 0 Å². The van der Waals surface area contributed by atoms with E-state index >= 15 is 0 Å². The van der Waals surface area contributed by atoms with Gasteiger partial charge in [-0.05, 0) is 19.9 Å². The van der Waals surface area contributed by atoms with Gasteiger partial charge >= 0.3 is 0 Å². The lowest BCUT2D eigenvalue weighted by Gasteiger charge is -2.14. The number of carbonyl (C=O) groups excluding carboxylic acids is 1. The Labute approximate surface area is 106 Å². The van der Waals surface area contributed by atoms with Crippen LogP contribution in [0.5, 0.6) is 0 Å². The van der Waals surface area contributed by atoms with Gasteiger partial charge in [-0.2, -0.15) is 5.10 Å². The van der Waals surface area contributed by atoms with Crippen LogP contribution in [-0.2, 0) is 11.8 Å². The van der Waals surface area contributed by atoms with Crippen molar-refractivity contribution in [2.75, 3.05) is 12.3 Å². The van der Waals surface area contributed by atoms with Crippen LogP contribution in [0.1, 0.15) is 23.9 Å². The zero-order valence-corrected chi connectivity index (χ0v) is 11.5. The van der Waals surface area contributed by atoms with Gasteiger partial charge in [-0.3, -0.25) is 9.48 Å². The molecule has 0 aromatic carbocycles. The number of nitrogens with zero attached hydrogens (tertiary/aromatic N) is 3. The molecule has 1 aromatic rings. The Balaban J connectivity index is 2.38. The Hall–Kier alpha value is -1.23. The fourth-order valence-electron chi connectivity index (χ4n) is 1.98. The average molecular weight is 251 g/mol. The second kappa shape index (κ2) is 4.56. The quantitative estimate of drug-likeness (QED) is 0.765. The Morgan fingerprint density at radius 3 is 2.71 bits per heavy atom. The number of hydrogen-bond acceptors (Lipinski definition) is 3. The number of hydrogen-bond donors (Lipinski definition) is 0. The van der Waals surface area contributed by atoms with Crippen molar-refractivity contribution in [3.63, 3.8) is 0 Å². The van der Waals surface area contributed by atoms with Crippen LogP contribution in [0.3, 0.4) is 0 Å². The maximum Gasteiger partial charge on any atom is 0.224 e. The van der Waals surface area contributed by atoms with E-state index in [1.807, 2.05) is 30.5 Å². The molecule has 0 atom stereocenters. The topological polar surface area (TPSA) is 38.1 Å². The third-order valence-electron chi connectivity index (χ3n) is 3.04. The van der Waals surface area contributed by atoms with E-state index in [0.29, 0.717) is 0 Å². The van der Waals surface area contributed by atoms with Gasteiger partial charge in [-0.25, -0.2) is 0 Å². The molecule has 0 saturated carbocycles. The number of aryl methyl sites for hydroxylation is 2. The van der Waals surface area contributed by atoms with Gasteiger partial charge in [0.25, 0.3) is 0 Å². The number of aromatic nitrogens is 2. The van der Waals surface area contributed by atoms with Crippen LogP contribution in [0.15, 0.2) is 5.03 Å². The third-order valence-corrected chi connectivity index (χ3v) is 4.06. The van der Waals surface area contributed by atoms with Crippen LogP contribution < -0.4 is 0 Å². The summed E-state index contributed by atoms with van der Waals surface area (Å²) in [5.74, 6) is 1.09. The summed E-state index contributed by atoms with van der Waals surface area (Å²) in [7, 11) is 1.94. The summed E-state index contributed by atoms with van der Waals surface area (Å²) in [4.78, 5) is 13.3. The van der Waals surface area contributed by atoms with Crippen molar-refractivity contribution in [3.8, 4) is 0 Å². The van der Waals surface area contributed by atoms with Crippen molar-refractivity contribution in [3.05, 3.63) is 22.0 Å². The van der Waals surface area contributed by atoms with Crippen molar-refractivity contribution >= 4 is 23.7 Å². The van der Waals surface area contributed by atoms with Crippen molar-refractivity contribution in [1.82, 2.24) is 14.7 Å². The molecule has 17 heavy (non-hydrogen) atoms. The molecule has 1 amide bonds. The Bertz CT molecular complexity index is 490. The number of thioether (sulfide) groups is 1. The smallest absolute Gasteiger partial charge is 0.224 e. The first-order valence-electron chi connectivity index (χ1n) is 5.63. The summed E-state index contributed by atoms with van der Waals surface area (Å²) in [6, 6.07) is 0. The van der Waals surface area contributed by atoms with Crippen molar-refractivity contribution < 1.29 is 4.79 Å². The van der Waals surface area contributed by atoms with E-state index in [4.69, 9.17) is 0 Å². The Kier molecular flexibility index (Phi) is 3.28. The van der Waals surface area contributed by atoms with Crippen LogP contribution in [0, 0.1) is 13.8 Å². The van der Waals surface area contributed by atoms with Gasteiger partial charge in [-0.1, -0.05) is 0 Å². The Morgan fingerprint density at radius 1 is 1.47 bits per heavy atom. The fraction of sp³-hybridized carbons (Fsp3) is 0.500. The molecule has 1 saturated heterocycles. The monoisotopic (exact) mass is 251 g/mol. The van der Waals surface area contributed by atoms with Crippen molar-refractivity contribution in [2.24, 2.45) is 7.05 Å². The summed E-state index contributed by atoms with van der Waals surface area (Å²) in [6.07, 6.45) is 2.08. The largest absolute Gasteiger partial charge is 0.306 e. The van der Waals surface area contributed by atoms with Gasteiger partial charge in [-0.15, -0.1) is 11.8 Å². The maximum absolute atomic E-state index is 11.5. The predicted molar refractivity (Wildman–Crippen MR) is 70.5 cm³/mol. The molecule has 2 heterocycles. The summed E-state index contributed by atoms with van der Waals surface area (Å²) in [5.41, 5.74) is 3.27. The molecule has 2 rings (SSSR count). The highest BCUT2D eigenvalue weighted by Crippen LogP contribution is 2.31. The molecule has 1 aliphatic rings. The molecule has 92 valence electrons. The van der Waals surface area contributed by atoms with Crippen LogP contribution >= 0.6 is 11.8 Å². The normalized spacial score (nSPS) is 18.1. The summed E-state index contributed by atoms with van der Waals surface area (Å²) in [5, 5.41) is 5.42. The molecule has 1 fully saturated rings. The molecule has 0 bridgehead atoms. The number of carbonyl (C=O) groups is 1. The van der Waals surface area contributed by atoms with Gasteiger partial charge in [0.15, 0.2) is 0 Å². The first kappa shape index (κ1) is 12.2. The highest BCUT2D eigenvalue weighted by molar-refractivity contribution is 8.03. The minimum absolute atomic E-state index is 0.112. The van der Waals surface area contributed by atoms with Gasteiger partial charge in [0, 0.05) is 37.5 Å². The number of rotatable bonds is 1. The van der Waals surface area contributed by atoms with E-state index in [0.717, 1.165) is 34.3 Å². The third kappa shape index (κ3) is 2.24. The van der Waals surface area contributed by atoms with Crippen LogP contribution in [-0.4, -0.2) is 32.9 Å². The standard InChI is InChI=1S/C12H17N3OS/c1-8-11(9(2)14(4)13-8)7-12-15(10(3)16)5-6-17-12/h7H,5-6H2,1-4H3/b12-7+. The molecule has 1 aromatic heterocycles. The first-order chi connectivity index (χ1) is 8.00. The summed E-state index contributed by atoms with van der Waals surface area (Å²) in [6.45, 7) is 6.47. The lowest BCUT2D eigenvalue weighted by molar-refractivity contribution is -0.126. The molecule has 0 spiro atoms. The van der Waals surface area contributed by atoms with E-state index in [1.165, 1.54) is 0 Å². The van der Waals surface area contributed by atoms with E-state index in [1.54, 1.807) is 18.7 Å². The van der Waals surface area contributed by atoms with Gasteiger partial charge in [0.2, 0.25) is 5.91 Å². The Morgan fingerprint density at radius 2 is 2.18 bits per heavy atom. The van der Waals surface area contributed by atoms with Crippen LogP contribution in [0.4, 0.5) is 0 Å². The molecular weight excluding hydrogens is 234 g/mol. The predicted octanol–water partition coefficient (Wildman–Crippen LogP) is 1.93. The van der Waals surface area contributed by atoms with E-state index in [9.17, 15) is 4.79 Å². The molecule has 0 aliphatic carbocycles. The van der Waals surface area contributed by atoms with Gasteiger partial charge in [0.1, 0.15) is 0 Å². The second-order valence-electron chi connectivity index (χ2n) is 4.21. The molecule has 0 radical (unpaired) electrons. The highest BCUT2D eigenvalue weighted by Gasteiger charge is 2.22. The highest BCUT2D eigenvalue weighted by atomic mass is 32.2. The minimum atomic E-state index is 0.112. The zero-order chi connectivity index (χ0) is 12.6. The zero-order valence-electron chi connectivity index (χ0n) is 10.6. The average Bonchev–Trinajstić information content (AvgIpc) is 2.80. The minimum Gasteiger partial charge on any atom is -0.306 e. The lowest BCUT2D eigenvalue weighted by atomic mass is 10.2. The van der Waals surface area contributed by atoms with E-state index in [-0.39, 0.29) is 5.91 Å². The van der Waals surface area contributed by atoms with Crippen LogP contribution in [0.2, 0.25) is 0 Å². The second-order valence-corrected chi connectivity index (χ2v) is 5.32. The molecule has 1 aliphatic heterocycles. The number of amides is 1. The molecule has 0 unspecified atom stereocenters. The first-order valence-corrected chi connectivity index (χ1v) is 6.62. The van der Waals surface area contributed by atoms with Gasteiger partial charge < -0.3 is 4.90 Å². The summed E-state index contributed by atoms with van der Waals surface area (Å²) >= 11 is 1.73. The van der Waals surface area contributed by atoms with Crippen LogP contribution in [0.25, 0.3) is 6.08 Å². The van der Waals surface area contributed by atoms with E-state index < -0.39 is 0 Å². The molecule has 5 heteroatoms. The lowest BCUT2D eigenvalue weighted by Crippen LogP contribution is -2.23. The van der Waals surface area contributed by atoms with E-state index in [2.05, 4.69) is 11.2 Å².